The van der Waals surface area contributed by atoms with Crippen molar-refractivity contribution in [2.45, 2.75) is 25.7 Å². The lowest BCUT2D eigenvalue weighted by Gasteiger charge is -2.31. The predicted molar refractivity (Wildman–Crippen MR) is 124 cm³/mol. The van der Waals surface area contributed by atoms with E-state index in [1.165, 1.54) is 0 Å². The number of methoxy groups -OCH3 is 1. The number of thiazole rings is 1. The monoisotopic (exact) mass is 460 g/mol. The molecule has 31 heavy (non-hydrogen) atoms. The lowest BCUT2D eigenvalue weighted by atomic mass is 9.94. The molecule has 0 unspecified atom stereocenters. The van der Waals surface area contributed by atoms with E-state index in [9.17, 15) is 4.79 Å². The van der Waals surface area contributed by atoms with Crippen molar-refractivity contribution in [3.8, 4) is 11.5 Å². The van der Waals surface area contributed by atoms with E-state index in [1.807, 2.05) is 18.2 Å². The standard InChI is InChI=1S/C23H25ClN2O4S/c1-29-19-5-2-16(13-22(27)28)12-20(19)30-11-8-15-6-9-26(10-7-15)23-25-18-4-3-17(24)14-21(18)31-23/h2-5,12,14-15H,6-11,13H2,1H3,(H,27,28). The van der Waals surface area contributed by atoms with Gasteiger partial charge in [0.25, 0.3) is 0 Å². The maximum atomic E-state index is 11.0. The molecule has 3 aromatic rings. The van der Waals surface area contributed by atoms with Crippen LogP contribution in [0.15, 0.2) is 36.4 Å². The molecule has 1 aromatic heterocycles. The van der Waals surface area contributed by atoms with Gasteiger partial charge in [0.1, 0.15) is 0 Å². The molecule has 0 radical (unpaired) electrons. The predicted octanol–water partition coefficient (Wildman–Crippen LogP) is 5.27. The van der Waals surface area contributed by atoms with Crippen molar-refractivity contribution >= 4 is 44.3 Å². The molecule has 1 fully saturated rings. The molecule has 0 amide bonds. The van der Waals surface area contributed by atoms with Gasteiger partial charge in [-0.2, -0.15) is 0 Å². The molecular formula is C23H25ClN2O4S. The Hall–Kier alpha value is -2.51. The topological polar surface area (TPSA) is 71.9 Å². The van der Waals surface area contributed by atoms with E-state index in [0.717, 1.165) is 52.7 Å². The Balaban J connectivity index is 1.29. The summed E-state index contributed by atoms with van der Waals surface area (Å²) < 4.78 is 12.4. The Bertz CT molecular complexity index is 1060. The normalized spacial score (nSPS) is 14.7. The van der Waals surface area contributed by atoms with Crippen LogP contribution in [0.4, 0.5) is 5.13 Å². The molecular weight excluding hydrogens is 436 g/mol. The van der Waals surface area contributed by atoms with Crippen molar-refractivity contribution in [1.29, 1.82) is 0 Å². The average molecular weight is 461 g/mol. The van der Waals surface area contributed by atoms with Gasteiger partial charge in [-0.05, 0) is 61.1 Å². The molecule has 0 aliphatic carbocycles. The van der Waals surface area contributed by atoms with Crippen LogP contribution < -0.4 is 14.4 Å². The van der Waals surface area contributed by atoms with E-state index in [2.05, 4.69) is 4.90 Å². The highest BCUT2D eigenvalue weighted by Gasteiger charge is 2.22. The molecule has 8 heteroatoms. The van der Waals surface area contributed by atoms with Crippen molar-refractivity contribution < 1.29 is 19.4 Å². The maximum absolute atomic E-state index is 11.0. The zero-order chi connectivity index (χ0) is 21.8. The molecule has 0 atom stereocenters. The molecule has 1 N–H and O–H groups in total. The van der Waals surface area contributed by atoms with E-state index >= 15 is 0 Å². The molecule has 4 rings (SSSR count). The summed E-state index contributed by atoms with van der Waals surface area (Å²) >= 11 is 7.79. The molecule has 1 saturated heterocycles. The van der Waals surface area contributed by atoms with Gasteiger partial charge >= 0.3 is 5.97 Å². The summed E-state index contributed by atoms with van der Waals surface area (Å²) in [6, 6.07) is 11.1. The SMILES string of the molecule is COc1ccc(CC(=O)O)cc1OCCC1CCN(c2nc3ccc(Cl)cc3s2)CC1. The summed E-state index contributed by atoms with van der Waals surface area (Å²) in [6.07, 6.45) is 3.11. The summed E-state index contributed by atoms with van der Waals surface area (Å²) in [5.41, 5.74) is 1.70. The fraction of sp³-hybridized carbons (Fsp3) is 0.391. The molecule has 0 spiro atoms. The second kappa shape index (κ2) is 9.75. The molecule has 1 aliphatic heterocycles. The fourth-order valence-electron chi connectivity index (χ4n) is 3.89. The third-order valence-corrected chi connectivity index (χ3v) is 6.91. The Morgan fingerprint density at radius 1 is 1.23 bits per heavy atom. The van der Waals surface area contributed by atoms with E-state index in [-0.39, 0.29) is 6.42 Å². The number of halogens is 1. The van der Waals surface area contributed by atoms with Crippen LogP contribution in [-0.2, 0) is 11.2 Å². The number of hydrogen-bond acceptors (Lipinski definition) is 6. The lowest BCUT2D eigenvalue weighted by molar-refractivity contribution is -0.136. The summed E-state index contributed by atoms with van der Waals surface area (Å²) in [5, 5.41) is 10.8. The number of hydrogen-bond donors (Lipinski definition) is 1. The average Bonchev–Trinajstić information content (AvgIpc) is 3.17. The zero-order valence-electron chi connectivity index (χ0n) is 17.3. The number of benzene rings is 2. The third kappa shape index (κ3) is 5.40. The van der Waals surface area contributed by atoms with Gasteiger partial charge in [0.15, 0.2) is 16.6 Å². The minimum Gasteiger partial charge on any atom is -0.493 e. The molecule has 1 aliphatic rings. The van der Waals surface area contributed by atoms with Crippen molar-refractivity contribution in [1.82, 2.24) is 4.98 Å². The highest BCUT2D eigenvalue weighted by atomic mass is 35.5. The molecule has 0 bridgehead atoms. The van der Waals surface area contributed by atoms with Crippen molar-refractivity contribution in [3.63, 3.8) is 0 Å². The second-order valence-corrected chi connectivity index (χ2v) is 9.18. The Morgan fingerprint density at radius 2 is 2.03 bits per heavy atom. The molecule has 2 aromatic carbocycles. The van der Waals surface area contributed by atoms with Crippen LogP contribution in [0.5, 0.6) is 11.5 Å². The first-order valence-electron chi connectivity index (χ1n) is 10.3. The number of anilines is 1. The van der Waals surface area contributed by atoms with E-state index in [1.54, 1.807) is 36.6 Å². The highest BCUT2D eigenvalue weighted by molar-refractivity contribution is 7.22. The van der Waals surface area contributed by atoms with Gasteiger partial charge in [0, 0.05) is 18.1 Å². The highest BCUT2D eigenvalue weighted by Crippen LogP contribution is 2.34. The minimum atomic E-state index is -0.862. The van der Waals surface area contributed by atoms with Crippen LogP contribution in [0.3, 0.4) is 0 Å². The van der Waals surface area contributed by atoms with Gasteiger partial charge in [0.2, 0.25) is 0 Å². The number of carboxylic acids is 1. The number of carboxylic acid groups (broad SMARTS) is 1. The van der Waals surface area contributed by atoms with Crippen molar-refractivity contribution in [2.75, 3.05) is 31.7 Å². The summed E-state index contributed by atoms with van der Waals surface area (Å²) in [7, 11) is 1.59. The first-order chi connectivity index (χ1) is 15.0. The smallest absolute Gasteiger partial charge is 0.307 e. The summed E-state index contributed by atoms with van der Waals surface area (Å²) in [6.45, 7) is 2.54. The number of aliphatic carboxylic acids is 1. The minimum absolute atomic E-state index is 0.0310. The van der Waals surface area contributed by atoms with Gasteiger partial charge in [-0.1, -0.05) is 29.0 Å². The van der Waals surface area contributed by atoms with E-state index in [4.69, 9.17) is 31.2 Å². The third-order valence-electron chi connectivity index (χ3n) is 5.59. The number of carbonyl (C=O) groups is 1. The molecule has 2 heterocycles. The fourth-order valence-corrected chi connectivity index (χ4v) is 5.18. The Labute approximate surface area is 190 Å². The number of aromatic nitrogens is 1. The van der Waals surface area contributed by atoms with Crippen LogP contribution in [0.2, 0.25) is 5.02 Å². The van der Waals surface area contributed by atoms with Gasteiger partial charge in [0.05, 0.1) is 30.4 Å². The van der Waals surface area contributed by atoms with Gasteiger partial charge in [-0.15, -0.1) is 0 Å². The number of nitrogens with zero attached hydrogens (tertiary/aromatic N) is 2. The maximum Gasteiger partial charge on any atom is 0.307 e. The van der Waals surface area contributed by atoms with Crippen LogP contribution in [0.1, 0.15) is 24.8 Å². The van der Waals surface area contributed by atoms with Crippen molar-refractivity contribution in [2.24, 2.45) is 5.92 Å². The number of piperidine rings is 1. The number of fused-ring (bicyclic) bond motifs is 1. The second-order valence-electron chi connectivity index (χ2n) is 7.73. The Morgan fingerprint density at radius 3 is 2.77 bits per heavy atom. The first kappa shape index (κ1) is 21.7. The largest absolute Gasteiger partial charge is 0.493 e. The molecule has 164 valence electrons. The van der Waals surface area contributed by atoms with E-state index in [0.29, 0.717) is 29.6 Å². The van der Waals surface area contributed by atoms with Gasteiger partial charge in [-0.25, -0.2) is 4.98 Å². The first-order valence-corrected chi connectivity index (χ1v) is 11.5. The molecule has 0 saturated carbocycles. The summed E-state index contributed by atoms with van der Waals surface area (Å²) in [5.74, 6) is 0.957. The number of rotatable bonds is 8. The lowest BCUT2D eigenvalue weighted by Crippen LogP contribution is -2.34. The van der Waals surface area contributed by atoms with Crippen LogP contribution in [-0.4, -0.2) is 42.9 Å². The number of ether oxygens (including phenoxy) is 2. The Kier molecular flexibility index (Phi) is 6.83. The molecule has 6 nitrogen and oxygen atoms in total. The van der Waals surface area contributed by atoms with E-state index < -0.39 is 5.97 Å². The zero-order valence-corrected chi connectivity index (χ0v) is 18.9. The van der Waals surface area contributed by atoms with Crippen molar-refractivity contribution in [3.05, 3.63) is 47.0 Å². The quantitative estimate of drug-likeness (QED) is 0.493. The van der Waals surface area contributed by atoms with Crippen LogP contribution in [0, 0.1) is 5.92 Å². The van der Waals surface area contributed by atoms with Crippen LogP contribution >= 0.6 is 22.9 Å². The summed E-state index contributed by atoms with van der Waals surface area (Å²) in [4.78, 5) is 18.1. The van der Waals surface area contributed by atoms with Crippen LogP contribution in [0.25, 0.3) is 10.2 Å². The van der Waals surface area contributed by atoms with Gasteiger partial charge in [-0.3, -0.25) is 4.79 Å². The van der Waals surface area contributed by atoms with Gasteiger partial charge < -0.3 is 19.5 Å².